The minimum atomic E-state index is -0.744. The maximum absolute atomic E-state index is 12.8. The van der Waals surface area contributed by atoms with Gasteiger partial charge in [-0.15, -0.1) is 0 Å². The molecule has 4 atom stereocenters. The lowest BCUT2D eigenvalue weighted by Crippen LogP contribution is -2.38. The van der Waals surface area contributed by atoms with Crippen molar-refractivity contribution in [2.75, 3.05) is 26.4 Å². The molecule has 0 N–H and O–H groups in total. The maximum atomic E-state index is 12.8. The molecule has 2 saturated carbocycles. The lowest BCUT2D eigenvalue weighted by molar-refractivity contribution is -0.163. The molecular weight excluding hydrogens is 568 g/mol. The van der Waals surface area contributed by atoms with Crippen molar-refractivity contribution in [1.29, 1.82) is 0 Å². The predicted molar refractivity (Wildman–Crippen MR) is 145 cm³/mol. The molecule has 0 radical (unpaired) electrons. The van der Waals surface area contributed by atoms with E-state index in [1.165, 1.54) is 6.92 Å². The summed E-state index contributed by atoms with van der Waals surface area (Å²) >= 11 is 0. The fraction of sp³-hybridized carbons (Fsp3) is 0.767. The molecule has 0 spiro atoms. The summed E-state index contributed by atoms with van der Waals surface area (Å²) in [6.45, 7) is 5.43. The molecule has 4 rings (SSSR count). The first-order valence-corrected chi connectivity index (χ1v) is 15.2. The minimum Gasteiger partial charge on any atom is -0.463 e. The molecular formula is C30H42O13. The van der Waals surface area contributed by atoms with Gasteiger partial charge in [0.1, 0.15) is 24.4 Å². The number of ether oxygens (including phenoxy) is 8. The van der Waals surface area contributed by atoms with Crippen LogP contribution in [-0.4, -0.2) is 93.1 Å². The van der Waals surface area contributed by atoms with Crippen molar-refractivity contribution in [3.8, 4) is 0 Å². The molecule has 0 aromatic heterocycles. The van der Waals surface area contributed by atoms with E-state index in [0.717, 1.165) is 6.08 Å². The molecule has 2 unspecified atom stereocenters. The van der Waals surface area contributed by atoms with Crippen LogP contribution in [0.25, 0.3) is 0 Å². The summed E-state index contributed by atoms with van der Waals surface area (Å²) in [5.41, 5.74) is 0. The molecule has 4 fully saturated rings. The number of carbonyl (C=O) groups is 5. The van der Waals surface area contributed by atoms with Gasteiger partial charge >= 0.3 is 30.0 Å². The Labute approximate surface area is 250 Å². The molecule has 43 heavy (non-hydrogen) atoms. The number of unbranched alkanes of at least 4 members (excludes halogenated alkanes) is 1. The molecule has 0 aromatic carbocycles. The summed E-state index contributed by atoms with van der Waals surface area (Å²) in [5, 5.41) is 0. The molecule has 0 aromatic rings. The van der Waals surface area contributed by atoms with Crippen molar-refractivity contribution in [3.05, 3.63) is 12.7 Å². The highest BCUT2D eigenvalue weighted by Crippen LogP contribution is 2.34. The van der Waals surface area contributed by atoms with Gasteiger partial charge in [-0.05, 0) is 64.2 Å². The first-order valence-electron chi connectivity index (χ1n) is 15.2. The SMILES string of the molecule is C=CC(=O)OCCCCOC(=O)OC1CCC(C(=O)OC2CCC(C(=O)OC3CO[C@H]4C(OC(C)=O)CO[C@@H]34)CC2)CC1. The maximum Gasteiger partial charge on any atom is 0.508 e. The van der Waals surface area contributed by atoms with Crippen molar-refractivity contribution < 1.29 is 61.9 Å². The average molecular weight is 611 g/mol. The largest absolute Gasteiger partial charge is 0.508 e. The van der Waals surface area contributed by atoms with E-state index >= 15 is 0 Å². The molecule has 4 aliphatic rings. The van der Waals surface area contributed by atoms with Gasteiger partial charge in [0.2, 0.25) is 0 Å². The molecule has 0 amide bonds. The molecule has 240 valence electrons. The van der Waals surface area contributed by atoms with Gasteiger partial charge in [0, 0.05) is 13.0 Å². The van der Waals surface area contributed by atoms with Crippen LogP contribution in [0, 0.1) is 11.8 Å². The van der Waals surface area contributed by atoms with Gasteiger partial charge in [-0.2, -0.15) is 0 Å². The van der Waals surface area contributed by atoms with Crippen LogP contribution in [-0.2, 0) is 57.1 Å². The van der Waals surface area contributed by atoms with Gasteiger partial charge in [-0.3, -0.25) is 14.4 Å². The van der Waals surface area contributed by atoms with E-state index in [4.69, 9.17) is 37.9 Å². The topological polar surface area (TPSA) is 159 Å². The Morgan fingerprint density at radius 3 is 1.70 bits per heavy atom. The van der Waals surface area contributed by atoms with Crippen molar-refractivity contribution in [1.82, 2.24) is 0 Å². The van der Waals surface area contributed by atoms with E-state index in [-0.39, 0.29) is 62.4 Å². The van der Waals surface area contributed by atoms with Gasteiger partial charge in [0.05, 0.1) is 38.3 Å². The summed E-state index contributed by atoms with van der Waals surface area (Å²) in [4.78, 5) is 59.8. The Kier molecular flexibility index (Phi) is 12.2. The lowest BCUT2D eigenvalue weighted by atomic mass is 9.86. The molecule has 2 aliphatic carbocycles. The van der Waals surface area contributed by atoms with E-state index < -0.39 is 42.5 Å². The Bertz CT molecular complexity index is 996. The lowest BCUT2D eigenvalue weighted by Gasteiger charge is -2.31. The number of fused-ring (bicyclic) bond motifs is 1. The van der Waals surface area contributed by atoms with Gasteiger partial charge in [-0.25, -0.2) is 9.59 Å². The summed E-state index contributed by atoms with van der Waals surface area (Å²) in [5.74, 6) is -2.01. The highest BCUT2D eigenvalue weighted by molar-refractivity contribution is 5.81. The van der Waals surface area contributed by atoms with Gasteiger partial charge in [-0.1, -0.05) is 6.58 Å². The normalized spacial score (nSPS) is 31.7. The fourth-order valence-electron chi connectivity index (χ4n) is 5.94. The van der Waals surface area contributed by atoms with Crippen LogP contribution < -0.4 is 0 Å². The standard InChI is InChI=1S/C30H42O13/c1-3-25(32)36-14-4-5-15-37-30(35)42-22-12-8-19(9-13-22)28(33)41-21-10-6-20(7-11-21)29(34)43-24-17-39-26-23(40-18(2)31)16-38-27(24)26/h3,19-24,26-27H,1,4-17H2,2H3/t19?,20?,21?,22?,23?,24?,26-,27-/m0/s1. The second kappa shape index (κ2) is 16.0. The zero-order valence-electron chi connectivity index (χ0n) is 24.6. The summed E-state index contributed by atoms with van der Waals surface area (Å²) in [6, 6.07) is 0. The van der Waals surface area contributed by atoms with Gasteiger partial charge in [0.25, 0.3) is 0 Å². The van der Waals surface area contributed by atoms with Crippen LogP contribution in [0.1, 0.15) is 71.1 Å². The Hall–Kier alpha value is -3.19. The first kappa shape index (κ1) is 32.7. The molecule has 0 bridgehead atoms. The third-order valence-electron chi connectivity index (χ3n) is 8.28. The van der Waals surface area contributed by atoms with E-state index in [0.29, 0.717) is 64.2 Å². The number of rotatable bonds is 12. The smallest absolute Gasteiger partial charge is 0.463 e. The average Bonchev–Trinajstić information content (AvgIpc) is 3.58. The van der Waals surface area contributed by atoms with E-state index in [1.54, 1.807) is 0 Å². The predicted octanol–water partition coefficient (Wildman–Crippen LogP) is 2.95. The fourth-order valence-corrected chi connectivity index (χ4v) is 5.94. The second-order valence-corrected chi connectivity index (χ2v) is 11.4. The monoisotopic (exact) mass is 610 g/mol. The Morgan fingerprint density at radius 1 is 0.674 bits per heavy atom. The van der Waals surface area contributed by atoms with Crippen LogP contribution in [0.5, 0.6) is 0 Å². The number of esters is 4. The Balaban J connectivity index is 1.06. The van der Waals surface area contributed by atoms with Crippen LogP contribution >= 0.6 is 0 Å². The zero-order valence-corrected chi connectivity index (χ0v) is 24.6. The highest BCUT2D eigenvalue weighted by Gasteiger charge is 2.51. The molecule has 2 heterocycles. The summed E-state index contributed by atoms with van der Waals surface area (Å²) < 4.78 is 43.4. The van der Waals surface area contributed by atoms with Gasteiger partial charge in [0.15, 0.2) is 12.2 Å². The van der Waals surface area contributed by atoms with Crippen molar-refractivity contribution in [3.63, 3.8) is 0 Å². The van der Waals surface area contributed by atoms with Crippen LogP contribution in [0.15, 0.2) is 12.7 Å². The second-order valence-electron chi connectivity index (χ2n) is 11.4. The highest BCUT2D eigenvalue weighted by atomic mass is 16.7. The Morgan fingerprint density at radius 2 is 1.16 bits per heavy atom. The number of hydrogen-bond donors (Lipinski definition) is 0. The van der Waals surface area contributed by atoms with E-state index in [9.17, 15) is 24.0 Å². The van der Waals surface area contributed by atoms with Crippen molar-refractivity contribution >= 4 is 30.0 Å². The third-order valence-corrected chi connectivity index (χ3v) is 8.28. The molecule has 2 aliphatic heterocycles. The summed E-state index contributed by atoms with van der Waals surface area (Å²) in [6.07, 6.45) is 3.39. The summed E-state index contributed by atoms with van der Waals surface area (Å²) in [7, 11) is 0. The van der Waals surface area contributed by atoms with Crippen LogP contribution in [0.4, 0.5) is 4.79 Å². The third kappa shape index (κ3) is 9.65. The molecule has 13 nitrogen and oxygen atoms in total. The first-order chi connectivity index (χ1) is 20.7. The number of hydrogen-bond acceptors (Lipinski definition) is 13. The quantitative estimate of drug-likeness (QED) is 0.137. The van der Waals surface area contributed by atoms with Crippen molar-refractivity contribution in [2.45, 2.75) is 108 Å². The van der Waals surface area contributed by atoms with Crippen molar-refractivity contribution in [2.24, 2.45) is 11.8 Å². The molecule has 13 heteroatoms. The minimum absolute atomic E-state index is 0.161. The van der Waals surface area contributed by atoms with Crippen LogP contribution in [0.2, 0.25) is 0 Å². The number of carbonyl (C=O) groups excluding carboxylic acids is 5. The van der Waals surface area contributed by atoms with E-state index in [2.05, 4.69) is 6.58 Å². The molecule has 2 saturated heterocycles. The van der Waals surface area contributed by atoms with E-state index in [1.807, 2.05) is 0 Å². The zero-order chi connectivity index (χ0) is 30.8. The van der Waals surface area contributed by atoms with Crippen LogP contribution in [0.3, 0.4) is 0 Å². The van der Waals surface area contributed by atoms with Gasteiger partial charge < -0.3 is 37.9 Å².